The van der Waals surface area contributed by atoms with Crippen molar-refractivity contribution in [3.05, 3.63) is 83.7 Å². The summed E-state index contributed by atoms with van der Waals surface area (Å²) in [6.07, 6.45) is -1.51. The van der Waals surface area contributed by atoms with Crippen LogP contribution >= 0.6 is 11.3 Å². The second-order valence-electron chi connectivity index (χ2n) is 13.1. The van der Waals surface area contributed by atoms with Crippen LogP contribution in [0.4, 0.5) is 24.7 Å². The number of aromatic nitrogens is 3. The molecule has 55 heavy (non-hydrogen) atoms. The van der Waals surface area contributed by atoms with Crippen molar-refractivity contribution in [2.75, 3.05) is 44.1 Å². The Kier molecular flexibility index (Phi) is 10.5. The lowest BCUT2D eigenvalue weighted by Gasteiger charge is -2.29. The van der Waals surface area contributed by atoms with Crippen molar-refractivity contribution in [2.24, 2.45) is 0 Å². The number of nitrogens with zero attached hydrogens (tertiary/aromatic N) is 5. The van der Waals surface area contributed by atoms with Crippen LogP contribution in [0.3, 0.4) is 0 Å². The van der Waals surface area contributed by atoms with E-state index in [4.69, 9.17) is 9.47 Å². The number of anilines is 2. The van der Waals surface area contributed by atoms with E-state index in [1.54, 1.807) is 53.4 Å². The normalized spacial score (nSPS) is 15.6. The number of hydrogen-bond donors (Lipinski definition) is 2. The number of hydrogen-bond acceptors (Lipinski definition) is 11. The maximum atomic E-state index is 14.3. The molecule has 284 valence electrons. The third kappa shape index (κ3) is 8.27. The molecule has 0 aliphatic carbocycles. The van der Waals surface area contributed by atoms with Crippen LogP contribution in [-0.2, 0) is 31.8 Å². The third-order valence-electron chi connectivity index (χ3n) is 9.08. The molecular formula is C38H34F3N7O6S. The van der Waals surface area contributed by atoms with Crippen molar-refractivity contribution in [3.8, 4) is 27.6 Å². The van der Waals surface area contributed by atoms with Gasteiger partial charge in [-0.05, 0) is 66.6 Å². The molecule has 2 aliphatic heterocycles. The van der Waals surface area contributed by atoms with Crippen LogP contribution in [0.5, 0.6) is 5.75 Å². The number of fused-ring (bicyclic) bond motifs is 2. The summed E-state index contributed by atoms with van der Waals surface area (Å²) in [4.78, 5) is 65.6. The lowest BCUT2D eigenvalue weighted by atomic mass is 10.0. The molecular weight excluding hydrogens is 740 g/mol. The molecule has 1 unspecified atom stereocenters. The maximum absolute atomic E-state index is 14.3. The van der Waals surface area contributed by atoms with E-state index in [1.165, 1.54) is 17.3 Å². The van der Waals surface area contributed by atoms with Gasteiger partial charge in [0.25, 0.3) is 5.91 Å². The first-order chi connectivity index (χ1) is 26.3. The van der Waals surface area contributed by atoms with E-state index in [0.29, 0.717) is 38.6 Å². The monoisotopic (exact) mass is 773 g/mol. The number of pyridine rings is 2. The Balaban J connectivity index is 0.899. The molecule has 0 radical (unpaired) electrons. The minimum absolute atomic E-state index is 0.0451. The number of carbonyl (C=O) groups excluding carboxylic acids is 4. The Bertz CT molecular complexity index is 2300. The third-order valence-corrected chi connectivity index (χ3v) is 10.1. The van der Waals surface area contributed by atoms with Gasteiger partial charge in [-0.25, -0.2) is 9.97 Å². The van der Waals surface area contributed by atoms with Crippen LogP contribution in [0.2, 0.25) is 0 Å². The lowest BCUT2D eigenvalue weighted by Crippen LogP contribution is -2.52. The van der Waals surface area contributed by atoms with E-state index in [1.807, 2.05) is 14.1 Å². The molecule has 0 spiro atoms. The molecule has 0 saturated carbocycles. The van der Waals surface area contributed by atoms with Crippen molar-refractivity contribution in [3.63, 3.8) is 0 Å². The van der Waals surface area contributed by atoms with Gasteiger partial charge in [-0.3, -0.25) is 29.5 Å². The van der Waals surface area contributed by atoms with E-state index < -0.39 is 23.7 Å². The highest BCUT2D eigenvalue weighted by atomic mass is 32.1. The number of nitrogens with one attached hydrogen (secondary N) is 2. The number of halogens is 3. The number of carbonyl (C=O) groups is 4. The largest absolute Gasteiger partial charge is 0.491 e. The molecule has 2 N–H and O–H groups in total. The van der Waals surface area contributed by atoms with Gasteiger partial charge in [0.15, 0.2) is 0 Å². The molecule has 2 aromatic carbocycles. The Morgan fingerprint density at radius 2 is 1.84 bits per heavy atom. The van der Waals surface area contributed by atoms with Gasteiger partial charge in [0.2, 0.25) is 17.7 Å². The van der Waals surface area contributed by atoms with Crippen LogP contribution < -0.4 is 20.3 Å². The van der Waals surface area contributed by atoms with E-state index in [-0.39, 0.29) is 79.6 Å². The fourth-order valence-corrected chi connectivity index (χ4v) is 7.32. The van der Waals surface area contributed by atoms with Crippen molar-refractivity contribution in [1.82, 2.24) is 25.2 Å². The van der Waals surface area contributed by atoms with E-state index in [2.05, 4.69) is 25.6 Å². The van der Waals surface area contributed by atoms with Crippen LogP contribution in [-0.4, -0.2) is 83.4 Å². The zero-order chi connectivity index (χ0) is 38.9. The summed E-state index contributed by atoms with van der Waals surface area (Å²) in [5, 5.41) is 5.21. The fraction of sp³-hybridized carbons (Fsp3) is 0.289. The summed E-state index contributed by atoms with van der Waals surface area (Å²) < 4.78 is 54.8. The SMILES string of the molecule is CN(C)c1ccc(-c2cc(C(F)(F)F)c(-c3nc4ccc(NC(=O)CCOCCOc5ccc6c(c5)CN(C5CCC(=O)NC5=O)C6=O)cc4s3)cn2)cn1. The Morgan fingerprint density at radius 3 is 2.58 bits per heavy atom. The van der Waals surface area contributed by atoms with Crippen molar-refractivity contribution >= 4 is 56.7 Å². The molecule has 4 amide bonds. The van der Waals surface area contributed by atoms with E-state index in [9.17, 15) is 32.3 Å². The molecule has 13 nitrogen and oxygen atoms in total. The predicted molar refractivity (Wildman–Crippen MR) is 197 cm³/mol. The number of ether oxygens (including phenoxy) is 2. The standard InChI is InChI=1S/C38H34F3N7O6S/c1-47(2)32-9-3-21(18-43-32)29-17-27(38(39,40)41)26(19-42-29)36-45-28-7-4-23(16-31(28)55-36)44-34(50)11-12-53-13-14-54-24-5-6-25-22(15-24)20-48(37(25)52)30-8-10-33(49)46-35(30)51/h3-7,9,15-19,30H,8,10-14,20H2,1-2H3,(H,44,50)(H,46,49,51). The topological polar surface area (TPSA) is 156 Å². The zero-order valence-corrected chi connectivity index (χ0v) is 30.4. The van der Waals surface area contributed by atoms with Gasteiger partial charge in [0.05, 0.1) is 41.1 Å². The minimum atomic E-state index is -4.66. The minimum Gasteiger partial charge on any atom is -0.491 e. The highest BCUT2D eigenvalue weighted by molar-refractivity contribution is 7.21. The van der Waals surface area contributed by atoms with Gasteiger partial charge in [-0.15, -0.1) is 11.3 Å². The van der Waals surface area contributed by atoms with Crippen LogP contribution in [0.15, 0.2) is 67.0 Å². The number of amides is 4. The van der Waals surface area contributed by atoms with E-state index in [0.717, 1.165) is 23.0 Å². The Labute approximate surface area is 316 Å². The highest BCUT2D eigenvalue weighted by Crippen LogP contribution is 2.41. The molecule has 5 heterocycles. The van der Waals surface area contributed by atoms with Crippen LogP contribution in [0.1, 0.15) is 40.7 Å². The average Bonchev–Trinajstić information content (AvgIpc) is 3.72. The summed E-state index contributed by atoms with van der Waals surface area (Å²) in [7, 11) is 3.63. The van der Waals surface area contributed by atoms with Crippen molar-refractivity contribution in [2.45, 2.75) is 38.0 Å². The molecule has 1 atom stereocenters. The molecule has 0 bridgehead atoms. The zero-order valence-electron chi connectivity index (χ0n) is 29.6. The van der Waals surface area contributed by atoms with Crippen molar-refractivity contribution < 1.29 is 41.8 Å². The Morgan fingerprint density at radius 1 is 1.00 bits per heavy atom. The number of imide groups is 1. The summed E-state index contributed by atoms with van der Waals surface area (Å²) in [5.74, 6) is -0.227. The average molecular weight is 774 g/mol. The predicted octanol–water partition coefficient (Wildman–Crippen LogP) is 5.69. The second-order valence-corrected chi connectivity index (χ2v) is 14.1. The number of benzene rings is 2. The fourth-order valence-electron chi connectivity index (χ4n) is 6.29. The molecule has 1 fully saturated rings. The number of piperidine rings is 1. The number of rotatable bonds is 12. The molecule has 17 heteroatoms. The summed E-state index contributed by atoms with van der Waals surface area (Å²) in [5.41, 5.74) is 1.70. The van der Waals surface area contributed by atoms with Crippen LogP contribution in [0, 0.1) is 0 Å². The first kappa shape index (κ1) is 37.4. The van der Waals surface area contributed by atoms with Gasteiger partial charge in [0.1, 0.15) is 29.2 Å². The molecule has 7 rings (SSSR count). The van der Waals surface area contributed by atoms with Crippen LogP contribution in [0.25, 0.3) is 32.0 Å². The summed E-state index contributed by atoms with van der Waals surface area (Å²) >= 11 is 1.06. The van der Waals surface area contributed by atoms with Gasteiger partial charge < -0.3 is 24.6 Å². The first-order valence-electron chi connectivity index (χ1n) is 17.2. The van der Waals surface area contributed by atoms with Gasteiger partial charge >= 0.3 is 6.18 Å². The molecule has 5 aromatic rings. The number of alkyl halides is 3. The van der Waals surface area contributed by atoms with Gasteiger partial charge in [-0.1, -0.05) is 0 Å². The lowest BCUT2D eigenvalue weighted by molar-refractivity contribution is -0.138. The quantitative estimate of drug-likeness (QED) is 0.119. The van der Waals surface area contributed by atoms with Gasteiger partial charge in [-0.2, -0.15) is 13.2 Å². The smallest absolute Gasteiger partial charge is 0.417 e. The Hall–Kier alpha value is -5.94. The molecule has 2 aliphatic rings. The van der Waals surface area contributed by atoms with Gasteiger partial charge in [0, 0.05) is 61.8 Å². The molecule has 3 aromatic heterocycles. The van der Waals surface area contributed by atoms with Crippen molar-refractivity contribution in [1.29, 1.82) is 0 Å². The highest BCUT2D eigenvalue weighted by Gasteiger charge is 2.39. The second kappa shape index (κ2) is 15.4. The summed E-state index contributed by atoms with van der Waals surface area (Å²) in [6, 6.07) is 13.6. The maximum Gasteiger partial charge on any atom is 0.417 e. The van der Waals surface area contributed by atoms with E-state index >= 15 is 0 Å². The number of thiazole rings is 1. The first-order valence-corrected chi connectivity index (χ1v) is 18.1. The summed E-state index contributed by atoms with van der Waals surface area (Å²) in [6.45, 7) is 0.721. The molecule has 1 saturated heterocycles.